The smallest absolute Gasteiger partial charge is 0.0701 e. The first-order valence-electron chi connectivity index (χ1n) is 6.69. The predicted octanol–water partition coefficient (Wildman–Crippen LogP) is 1.49. The molecule has 94 valence electrons. The standard InChI is InChI=1S/C13H26N2O/c1-13(6-7-14-10-13)11-15(2)9-12-5-3-4-8-16-12/h12,14H,3-11H2,1-2H3. The van der Waals surface area contributed by atoms with Gasteiger partial charge in [-0.1, -0.05) is 6.92 Å². The largest absolute Gasteiger partial charge is 0.377 e. The zero-order valence-electron chi connectivity index (χ0n) is 10.8. The summed E-state index contributed by atoms with van der Waals surface area (Å²) in [5.41, 5.74) is 0.476. The SMILES string of the molecule is CN(CC1CCCCO1)CC1(C)CCNC1. The molecule has 2 aliphatic heterocycles. The minimum absolute atomic E-state index is 0.476. The fraction of sp³-hybridized carbons (Fsp3) is 1.00. The number of ether oxygens (including phenoxy) is 1. The summed E-state index contributed by atoms with van der Waals surface area (Å²) in [6, 6.07) is 0. The second-order valence-corrected chi connectivity index (χ2v) is 5.92. The third kappa shape index (κ3) is 3.44. The highest BCUT2D eigenvalue weighted by molar-refractivity contribution is 4.86. The monoisotopic (exact) mass is 226 g/mol. The van der Waals surface area contributed by atoms with Gasteiger partial charge in [0.15, 0.2) is 0 Å². The maximum Gasteiger partial charge on any atom is 0.0701 e. The zero-order valence-corrected chi connectivity index (χ0v) is 10.8. The van der Waals surface area contributed by atoms with Crippen molar-refractivity contribution >= 4 is 0 Å². The predicted molar refractivity (Wildman–Crippen MR) is 66.7 cm³/mol. The molecule has 0 bridgehead atoms. The van der Waals surface area contributed by atoms with Crippen LogP contribution >= 0.6 is 0 Å². The van der Waals surface area contributed by atoms with Gasteiger partial charge in [0.25, 0.3) is 0 Å². The molecule has 0 spiro atoms. The fourth-order valence-corrected chi connectivity index (χ4v) is 3.02. The van der Waals surface area contributed by atoms with Gasteiger partial charge in [-0.25, -0.2) is 0 Å². The second kappa shape index (κ2) is 5.48. The molecule has 0 radical (unpaired) electrons. The van der Waals surface area contributed by atoms with E-state index in [-0.39, 0.29) is 0 Å². The summed E-state index contributed by atoms with van der Waals surface area (Å²) in [5, 5.41) is 3.46. The van der Waals surface area contributed by atoms with Crippen LogP contribution in [0.15, 0.2) is 0 Å². The molecule has 2 saturated heterocycles. The topological polar surface area (TPSA) is 24.5 Å². The van der Waals surface area contributed by atoms with Gasteiger partial charge in [0, 0.05) is 26.2 Å². The molecule has 2 aliphatic rings. The van der Waals surface area contributed by atoms with Crippen LogP contribution in [0.4, 0.5) is 0 Å². The highest BCUT2D eigenvalue weighted by atomic mass is 16.5. The maximum atomic E-state index is 5.79. The lowest BCUT2D eigenvalue weighted by atomic mass is 9.89. The Bertz CT molecular complexity index is 208. The molecule has 0 aliphatic carbocycles. The van der Waals surface area contributed by atoms with Crippen molar-refractivity contribution in [3.8, 4) is 0 Å². The van der Waals surface area contributed by atoms with Crippen LogP contribution in [0.5, 0.6) is 0 Å². The Morgan fingerprint density at radius 3 is 2.94 bits per heavy atom. The lowest BCUT2D eigenvalue weighted by molar-refractivity contribution is -0.00616. The van der Waals surface area contributed by atoms with Crippen molar-refractivity contribution in [2.45, 2.75) is 38.7 Å². The Kier molecular flexibility index (Phi) is 4.22. The van der Waals surface area contributed by atoms with E-state index < -0.39 is 0 Å². The van der Waals surface area contributed by atoms with Crippen molar-refractivity contribution in [1.29, 1.82) is 0 Å². The Morgan fingerprint density at radius 1 is 1.44 bits per heavy atom. The van der Waals surface area contributed by atoms with Gasteiger partial charge in [-0.3, -0.25) is 0 Å². The molecule has 0 saturated carbocycles. The molecule has 0 aromatic carbocycles. The van der Waals surface area contributed by atoms with Crippen LogP contribution in [-0.2, 0) is 4.74 Å². The van der Waals surface area contributed by atoms with Crippen LogP contribution in [0.25, 0.3) is 0 Å². The van der Waals surface area contributed by atoms with Gasteiger partial charge in [-0.15, -0.1) is 0 Å². The van der Waals surface area contributed by atoms with E-state index in [2.05, 4.69) is 24.2 Å². The molecule has 16 heavy (non-hydrogen) atoms. The summed E-state index contributed by atoms with van der Waals surface area (Å²) in [6.45, 7) is 8.02. The minimum Gasteiger partial charge on any atom is -0.377 e. The van der Waals surface area contributed by atoms with E-state index in [9.17, 15) is 0 Å². The van der Waals surface area contributed by atoms with Crippen LogP contribution in [0.1, 0.15) is 32.6 Å². The molecule has 2 fully saturated rings. The van der Waals surface area contributed by atoms with Gasteiger partial charge in [-0.05, 0) is 44.7 Å². The highest BCUT2D eigenvalue weighted by Gasteiger charge is 2.30. The lowest BCUT2D eigenvalue weighted by Gasteiger charge is -2.32. The number of hydrogen-bond acceptors (Lipinski definition) is 3. The molecule has 0 amide bonds. The Balaban J connectivity index is 1.72. The summed E-state index contributed by atoms with van der Waals surface area (Å²) >= 11 is 0. The van der Waals surface area contributed by atoms with Crippen LogP contribution in [0.2, 0.25) is 0 Å². The second-order valence-electron chi connectivity index (χ2n) is 5.92. The third-order valence-corrected chi connectivity index (χ3v) is 3.90. The summed E-state index contributed by atoms with van der Waals surface area (Å²) in [4.78, 5) is 2.46. The first-order valence-corrected chi connectivity index (χ1v) is 6.69. The molecular formula is C13H26N2O. The summed E-state index contributed by atoms with van der Waals surface area (Å²) < 4.78 is 5.79. The maximum absolute atomic E-state index is 5.79. The number of likely N-dealkylation sites (N-methyl/N-ethyl adjacent to an activating group) is 1. The van der Waals surface area contributed by atoms with Gasteiger partial charge < -0.3 is 15.0 Å². The number of nitrogens with zero attached hydrogens (tertiary/aromatic N) is 1. The number of rotatable bonds is 4. The van der Waals surface area contributed by atoms with Crippen LogP contribution in [-0.4, -0.2) is 50.8 Å². The van der Waals surface area contributed by atoms with Crippen LogP contribution in [0.3, 0.4) is 0 Å². The Morgan fingerprint density at radius 2 is 2.31 bits per heavy atom. The van der Waals surface area contributed by atoms with Crippen molar-refractivity contribution in [3.63, 3.8) is 0 Å². The van der Waals surface area contributed by atoms with Crippen molar-refractivity contribution < 1.29 is 4.74 Å². The number of hydrogen-bond donors (Lipinski definition) is 1. The highest BCUT2D eigenvalue weighted by Crippen LogP contribution is 2.25. The average molecular weight is 226 g/mol. The quantitative estimate of drug-likeness (QED) is 0.786. The molecule has 0 aromatic heterocycles. The minimum atomic E-state index is 0.476. The molecule has 1 N–H and O–H groups in total. The van der Waals surface area contributed by atoms with Crippen molar-refractivity contribution in [3.05, 3.63) is 0 Å². The summed E-state index contributed by atoms with van der Waals surface area (Å²) in [7, 11) is 2.24. The summed E-state index contributed by atoms with van der Waals surface area (Å²) in [5.74, 6) is 0. The zero-order chi connectivity index (χ0) is 11.4. The molecule has 0 aromatic rings. The molecule has 2 atom stereocenters. The summed E-state index contributed by atoms with van der Waals surface area (Å²) in [6.07, 6.45) is 5.64. The third-order valence-electron chi connectivity index (χ3n) is 3.90. The van der Waals surface area contributed by atoms with Gasteiger partial charge in [0.05, 0.1) is 6.10 Å². The van der Waals surface area contributed by atoms with Crippen LogP contribution in [0, 0.1) is 5.41 Å². The molecule has 3 heteroatoms. The van der Waals surface area contributed by atoms with E-state index in [0.29, 0.717) is 11.5 Å². The van der Waals surface area contributed by atoms with Crippen molar-refractivity contribution in [2.75, 3.05) is 39.8 Å². The molecular weight excluding hydrogens is 200 g/mol. The van der Waals surface area contributed by atoms with E-state index in [4.69, 9.17) is 4.74 Å². The van der Waals surface area contributed by atoms with Crippen LogP contribution < -0.4 is 5.32 Å². The van der Waals surface area contributed by atoms with E-state index >= 15 is 0 Å². The lowest BCUT2D eigenvalue weighted by Crippen LogP contribution is -2.40. The Hall–Kier alpha value is -0.120. The van der Waals surface area contributed by atoms with Gasteiger partial charge in [0.2, 0.25) is 0 Å². The van der Waals surface area contributed by atoms with Crippen molar-refractivity contribution in [2.24, 2.45) is 5.41 Å². The fourth-order valence-electron chi connectivity index (χ4n) is 3.02. The first kappa shape index (κ1) is 12.3. The van der Waals surface area contributed by atoms with Gasteiger partial charge >= 0.3 is 0 Å². The van der Waals surface area contributed by atoms with E-state index in [0.717, 1.165) is 13.2 Å². The first-order chi connectivity index (χ1) is 7.68. The van der Waals surface area contributed by atoms with Crippen molar-refractivity contribution in [1.82, 2.24) is 10.2 Å². The van der Waals surface area contributed by atoms with E-state index in [1.54, 1.807) is 0 Å². The molecule has 3 nitrogen and oxygen atoms in total. The van der Waals surface area contributed by atoms with Gasteiger partial charge in [0.1, 0.15) is 0 Å². The van der Waals surface area contributed by atoms with Gasteiger partial charge in [-0.2, -0.15) is 0 Å². The molecule has 2 rings (SSSR count). The Labute approximate surface area is 99.5 Å². The van der Waals surface area contributed by atoms with E-state index in [1.807, 2.05) is 0 Å². The number of nitrogens with one attached hydrogen (secondary N) is 1. The molecule has 2 unspecified atom stereocenters. The normalized spacial score (nSPS) is 35.8. The van der Waals surface area contributed by atoms with E-state index in [1.165, 1.54) is 45.3 Å². The average Bonchev–Trinajstić information content (AvgIpc) is 2.66. The molecule has 2 heterocycles.